The number of fused-ring (bicyclic) bond motifs is 4. The summed E-state index contributed by atoms with van der Waals surface area (Å²) in [5.74, 6) is -0.577. The molecule has 14 heteroatoms. The van der Waals surface area contributed by atoms with Crippen LogP contribution in [0.5, 0.6) is 0 Å². The minimum absolute atomic E-state index is 0.0327. The minimum Gasteiger partial charge on any atom is -0.447 e. The fourth-order valence-electron chi connectivity index (χ4n) is 6.66. The van der Waals surface area contributed by atoms with E-state index in [0.29, 0.717) is 85.7 Å². The highest BCUT2D eigenvalue weighted by atomic mass is 16.6. The number of nitrogens with one attached hydrogen (secondary N) is 2. The van der Waals surface area contributed by atoms with Gasteiger partial charge in [0, 0.05) is 57.3 Å². The molecule has 308 valence electrons. The number of hydrogen-bond acceptors (Lipinski definition) is 10. The van der Waals surface area contributed by atoms with Gasteiger partial charge in [-0.05, 0) is 46.7 Å². The van der Waals surface area contributed by atoms with E-state index in [1.807, 2.05) is 62.5 Å². The predicted molar refractivity (Wildman–Crippen MR) is 217 cm³/mol. The third-order valence-electron chi connectivity index (χ3n) is 9.67. The van der Waals surface area contributed by atoms with Crippen LogP contribution in [0.2, 0.25) is 0 Å². The third kappa shape index (κ3) is 13.1. The lowest BCUT2D eigenvalue weighted by atomic mass is 9.98. The predicted octanol–water partition coefficient (Wildman–Crippen LogP) is 4.59. The van der Waals surface area contributed by atoms with Gasteiger partial charge in [0.2, 0.25) is 11.8 Å². The van der Waals surface area contributed by atoms with Gasteiger partial charge in [0.25, 0.3) is 0 Å². The van der Waals surface area contributed by atoms with Gasteiger partial charge < -0.3 is 43.6 Å². The van der Waals surface area contributed by atoms with Crippen LogP contribution in [0.15, 0.2) is 78.9 Å². The van der Waals surface area contributed by atoms with Gasteiger partial charge >= 0.3 is 6.09 Å². The summed E-state index contributed by atoms with van der Waals surface area (Å²) in [7, 11) is 3.52. The van der Waals surface area contributed by atoms with Crippen molar-refractivity contribution in [1.29, 1.82) is 0 Å². The summed E-state index contributed by atoms with van der Waals surface area (Å²) < 4.78 is 35.0. The van der Waals surface area contributed by atoms with E-state index >= 15 is 0 Å². The first-order valence-electron chi connectivity index (χ1n) is 19.7. The highest BCUT2D eigenvalue weighted by Gasteiger charge is 2.30. The van der Waals surface area contributed by atoms with Crippen LogP contribution in [0.4, 0.5) is 4.79 Å². The lowest BCUT2D eigenvalue weighted by molar-refractivity contribution is -0.126. The van der Waals surface area contributed by atoms with E-state index in [1.54, 1.807) is 12.1 Å². The first-order valence-corrected chi connectivity index (χ1v) is 19.7. The number of hydrazine groups is 1. The Labute approximate surface area is 335 Å². The molecule has 0 spiro atoms. The maximum atomic E-state index is 13.3. The Morgan fingerprint density at radius 3 is 1.88 bits per heavy atom. The van der Waals surface area contributed by atoms with Gasteiger partial charge in [-0.2, -0.15) is 0 Å². The van der Waals surface area contributed by atoms with E-state index < -0.39 is 6.09 Å². The van der Waals surface area contributed by atoms with Gasteiger partial charge in [-0.3, -0.25) is 9.59 Å². The van der Waals surface area contributed by atoms with E-state index in [4.69, 9.17) is 28.4 Å². The number of rotatable bonds is 26. The Kier molecular flexibility index (Phi) is 17.8. The number of aromatic nitrogens is 1. The molecule has 1 aromatic heterocycles. The quantitative estimate of drug-likeness (QED) is 0.0686. The lowest BCUT2D eigenvalue weighted by Crippen LogP contribution is -2.41. The maximum absolute atomic E-state index is 13.3. The highest BCUT2D eigenvalue weighted by molar-refractivity contribution is 5.85. The van der Waals surface area contributed by atoms with Crippen molar-refractivity contribution in [2.24, 2.45) is 0 Å². The molecule has 2 N–H and O–H groups in total. The number of aryl methyl sites for hydroxylation is 1. The van der Waals surface area contributed by atoms with Gasteiger partial charge in [0.15, 0.2) is 0 Å². The number of hydrogen-bond donors (Lipinski definition) is 2. The Morgan fingerprint density at radius 1 is 0.684 bits per heavy atom. The summed E-state index contributed by atoms with van der Waals surface area (Å²) in [5.41, 5.74) is 6.57. The van der Waals surface area contributed by atoms with Gasteiger partial charge in [-0.1, -0.05) is 66.7 Å². The van der Waals surface area contributed by atoms with Crippen molar-refractivity contribution in [3.8, 4) is 11.1 Å². The van der Waals surface area contributed by atoms with Gasteiger partial charge in [-0.15, -0.1) is 0 Å². The normalized spacial score (nSPS) is 12.1. The molecule has 0 bridgehead atoms. The largest absolute Gasteiger partial charge is 0.447 e. The third-order valence-corrected chi connectivity index (χ3v) is 9.67. The van der Waals surface area contributed by atoms with Crippen LogP contribution in [0.3, 0.4) is 0 Å². The van der Waals surface area contributed by atoms with Crippen LogP contribution in [0.25, 0.3) is 22.0 Å². The molecule has 0 radical (unpaired) electrons. The SMILES string of the molecule is CCOCCOCCOCCOCCOCCNC(=O)CNC(=O)CCn1c(CN(C)N(C)C(=O)OCC2c3ccccc3-c3ccccc32)cc2ccccc21. The number of ether oxygens (including phenoxy) is 6. The second-order valence-corrected chi connectivity index (χ2v) is 13.5. The zero-order chi connectivity index (χ0) is 40.2. The molecule has 0 fully saturated rings. The number of carbonyl (C=O) groups is 3. The van der Waals surface area contributed by atoms with Crippen LogP contribution >= 0.6 is 0 Å². The lowest BCUT2D eigenvalue weighted by Gasteiger charge is -2.28. The Hall–Kier alpha value is -4.83. The van der Waals surface area contributed by atoms with Crippen LogP contribution in [-0.2, 0) is 51.1 Å². The minimum atomic E-state index is -0.454. The van der Waals surface area contributed by atoms with Gasteiger partial charge in [0.05, 0.1) is 72.6 Å². The van der Waals surface area contributed by atoms with Crippen molar-refractivity contribution in [3.05, 3.63) is 95.7 Å². The highest BCUT2D eigenvalue weighted by Crippen LogP contribution is 2.44. The first kappa shape index (κ1) is 43.3. The molecular formula is C43H57N5O9. The van der Waals surface area contributed by atoms with Crippen LogP contribution < -0.4 is 10.6 Å². The molecule has 0 saturated heterocycles. The monoisotopic (exact) mass is 787 g/mol. The molecule has 3 amide bonds. The fourth-order valence-corrected chi connectivity index (χ4v) is 6.66. The Bertz CT molecular complexity index is 1820. The molecule has 1 aliphatic rings. The molecular weight excluding hydrogens is 730 g/mol. The van der Waals surface area contributed by atoms with Crippen molar-refractivity contribution < 1.29 is 42.8 Å². The zero-order valence-corrected chi connectivity index (χ0v) is 33.4. The molecule has 1 aliphatic carbocycles. The summed E-state index contributed by atoms with van der Waals surface area (Å²) in [6.45, 7) is 8.07. The van der Waals surface area contributed by atoms with Crippen LogP contribution in [0.1, 0.15) is 36.1 Å². The molecule has 0 unspecified atom stereocenters. The average molecular weight is 788 g/mol. The molecule has 0 aliphatic heterocycles. The topological polar surface area (TPSA) is 142 Å². The van der Waals surface area contributed by atoms with Crippen molar-refractivity contribution in [3.63, 3.8) is 0 Å². The summed E-state index contributed by atoms with van der Waals surface area (Å²) in [5, 5.41) is 9.76. The van der Waals surface area contributed by atoms with E-state index in [1.165, 1.54) is 16.1 Å². The van der Waals surface area contributed by atoms with Crippen LogP contribution in [0, 0.1) is 0 Å². The molecule has 4 aromatic rings. The summed E-state index contributed by atoms with van der Waals surface area (Å²) in [6.07, 6.45) is -0.287. The average Bonchev–Trinajstić information content (AvgIpc) is 3.74. The molecule has 3 aromatic carbocycles. The van der Waals surface area contributed by atoms with Crippen LogP contribution in [-0.4, -0.2) is 132 Å². The summed E-state index contributed by atoms with van der Waals surface area (Å²) in [6, 6.07) is 26.5. The van der Waals surface area contributed by atoms with Gasteiger partial charge in [0.1, 0.15) is 6.61 Å². The molecule has 0 atom stereocenters. The van der Waals surface area contributed by atoms with E-state index in [9.17, 15) is 14.4 Å². The smallest absolute Gasteiger partial charge is 0.424 e. The Morgan fingerprint density at radius 2 is 1.25 bits per heavy atom. The molecule has 14 nitrogen and oxygen atoms in total. The van der Waals surface area contributed by atoms with E-state index in [-0.39, 0.29) is 37.3 Å². The number of carbonyl (C=O) groups excluding carboxylic acids is 3. The molecule has 1 heterocycles. The summed E-state index contributed by atoms with van der Waals surface area (Å²) in [4.78, 5) is 38.5. The molecule has 57 heavy (non-hydrogen) atoms. The molecule has 0 saturated carbocycles. The maximum Gasteiger partial charge on any atom is 0.424 e. The number of para-hydroxylation sites is 1. The number of amides is 3. The second-order valence-electron chi connectivity index (χ2n) is 13.5. The summed E-state index contributed by atoms with van der Waals surface area (Å²) >= 11 is 0. The van der Waals surface area contributed by atoms with E-state index in [2.05, 4.69) is 45.5 Å². The van der Waals surface area contributed by atoms with Crippen molar-refractivity contribution in [2.45, 2.75) is 32.4 Å². The van der Waals surface area contributed by atoms with Crippen molar-refractivity contribution in [1.82, 2.24) is 25.2 Å². The Balaban J connectivity index is 0.974. The standard InChI is InChI=1S/C43H57N5O9/c1-4-52-21-22-54-25-26-56-28-27-55-24-23-53-20-18-44-42(50)30-45-41(49)17-19-48-34(29-33-11-5-10-16-40(33)48)31-46(2)47(3)43(51)57-32-39-37-14-8-6-12-35(37)36-13-7-9-15-38(36)39/h5-16,29,39H,4,17-28,30-32H2,1-3H3,(H,44,50)(H,45,49). The van der Waals surface area contributed by atoms with E-state index in [0.717, 1.165) is 27.7 Å². The zero-order valence-electron chi connectivity index (χ0n) is 33.4. The van der Waals surface area contributed by atoms with Gasteiger partial charge in [-0.25, -0.2) is 14.8 Å². The first-order chi connectivity index (χ1) is 27.9. The number of benzene rings is 3. The van der Waals surface area contributed by atoms with Crippen molar-refractivity contribution >= 4 is 28.8 Å². The van der Waals surface area contributed by atoms with Crippen molar-refractivity contribution in [2.75, 3.05) is 99.9 Å². The molecule has 5 rings (SSSR count). The number of nitrogens with zero attached hydrogens (tertiary/aromatic N) is 3. The fraction of sp³-hybridized carbons (Fsp3) is 0.465. The second kappa shape index (κ2) is 23.4.